The first kappa shape index (κ1) is 28.0. The highest BCUT2D eigenvalue weighted by atomic mass is 32.2. The molecule has 0 amide bonds. The molecule has 3 aromatic rings. The molecule has 1 N–H and O–H groups in total. The second-order valence-electron chi connectivity index (χ2n) is 8.96. The number of hydrogen-bond acceptors (Lipinski definition) is 5. The van der Waals surface area contributed by atoms with Gasteiger partial charge in [0.1, 0.15) is 18.1 Å². The largest absolute Gasteiger partial charge is 0.573 e. The van der Waals surface area contributed by atoms with Gasteiger partial charge < -0.3 is 19.5 Å². The third-order valence-electron chi connectivity index (χ3n) is 5.80. The highest BCUT2D eigenvalue weighted by Gasteiger charge is 2.32. The summed E-state index contributed by atoms with van der Waals surface area (Å²) in [6, 6.07) is 18.6. The second-order valence-corrected chi connectivity index (χ2v) is 10.1. The number of hydrogen-bond donors (Lipinski definition) is 1. The molecule has 1 saturated carbocycles. The van der Waals surface area contributed by atoms with E-state index in [-0.39, 0.29) is 48.0 Å². The average molecular weight is 558 g/mol. The number of anilines is 1. The first-order chi connectivity index (χ1) is 17.9. The normalized spacial score (nSPS) is 14.7. The minimum absolute atomic E-state index is 0.0140. The lowest BCUT2D eigenvalue weighted by atomic mass is 10.1. The van der Waals surface area contributed by atoms with Gasteiger partial charge in [0.25, 0.3) is 0 Å². The van der Waals surface area contributed by atoms with E-state index < -0.39 is 18.0 Å². The lowest BCUT2D eigenvalue weighted by Gasteiger charge is -2.28. The number of alkyl halides is 6. The summed E-state index contributed by atoms with van der Waals surface area (Å²) in [5.41, 5.74) is -2.60. The van der Waals surface area contributed by atoms with Crippen LogP contribution in [0.2, 0.25) is 0 Å². The Kier molecular flexibility index (Phi) is 8.67. The Morgan fingerprint density at radius 3 is 2.26 bits per heavy atom. The summed E-state index contributed by atoms with van der Waals surface area (Å²) >= 11 is -0.182. The standard InChI is InChI=1S/C27H25F6NO3S/c28-26(29,30)37-23-8-1-5-19(12-23)17-36-22-7-3-6-21(14-22)34(16-25(35)20-10-11-20)15-18-4-2-9-24(13-18)38-27(31,32)33/h1-9,12-14,20,25,35H,10-11,15-17H2. The van der Waals surface area contributed by atoms with Gasteiger partial charge in [0.15, 0.2) is 0 Å². The summed E-state index contributed by atoms with van der Waals surface area (Å²) in [4.78, 5) is 1.96. The monoisotopic (exact) mass is 557 g/mol. The third kappa shape index (κ3) is 9.05. The number of aliphatic hydroxyl groups is 1. The molecule has 38 heavy (non-hydrogen) atoms. The molecule has 1 atom stereocenters. The summed E-state index contributed by atoms with van der Waals surface area (Å²) in [5, 5.41) is 10.6. The van der Waals surface area contributed by atoms with Gasteiger partial charge in [-0.1, -0.05) is 30.3 Å². The van der Waals surface area contributed by atoms with Crippen LogP contribution in [0.4, 0.5) is 32.0 Å². The highest BCUT2D eigenvalue weighted by molar-refractivity contribution is 8.00. The Labute approximate surface area is 220 Å². The van der Waals surface area contributed by atoms with Crippen LogP contribution in [0.3, 0.4) is 0 Å². The lowest BCUT2D eigenvalue weighted by Crippen LogP contribution is -2.33. The summed E-state index contributed by atoms with van der Waals surface area (Å²) in [6.07, 6.45) is -3.54. The Morgan fingerprint density at radius 2 is 1.55 bits per heavy atom. The number of nitrogens with zero attached hydrogens (tertiary/aromatic N) is 1. The van der Waals surface area contributed by atoms with E-state index in [4.69, 9.17) is 4.74 Å². The number of aliphatic hydroxyl groups excluding tert-OH is 1. The van der Waals surface area contributed by atoms with Crippen LogP contribution in [-0.4, -0.2) is 29.6 Å². The molecule has 11 heteroatoms. The first-order valence-corrected chi connectivity index (χ1v) is 12.6. The van der Waals surface area contributed by atoms with Crippen LogP contribution in [-0.2, 0) is 13.2 Å². The number of thioether (sulfide) groups is 1. The maximum atomic E-state index is 12.9. The fourth-order valence-electron chi connectivity index (χ4n) is 3.95. The van der Waals surface area contributed by atoms with E-state index >= 15 is 0 Å². The minimum atomic E-state index is -4.80. The van der Waals surface area contributed by atoms with Crippen LogP contribution < -0.4 is 14.4 Å². The molecule has 204 valence electrons. The first-order valence-electron chi connectivity index (χ1n) is 11.8. The van der Waals surface area contributed by atoms with Gasteiger partial charge in [-0.05, 0) is 78.0 Å². The van der Waals surface area contributed by atoms with Crippen molar-refractivity contribution in [2.45, 2.75) is 48.9 Å². The molecule has 3 aromatic carbocycles. The molecular weight excluding hydrogens is 532 g/mol. The van der Waals surface area contributed by atoms with E-state index in [1.807, 2.05) is 4.90 Å². The van der Waals surface area contributed by atoms with Crippen molar-refractivity contribution in [3.8, 4) is 11.5 Å². The van der Waals surface area contributed by atoms with Crippen molar-refractivity contribution < 1.29 is 40.9 Å². The van der Waals surface area contributed by atoms with Crippen molar-refractivity contribution in [3.63, 3.8) is 0 Å². The van der Waals surface area contributed by atoms with Crippen molar-refractivity contribution in [2.75, 3.05) is 11.4 Å². The molecule has 1 aliphatic carbocycles. The zero-order valence-electron chi connectivity index (χ0n) is 20.0. The Hall–Kier alpha value is -3.05. The van der Waals surface area contributed by atoms with Gasteiger partial charge in [-0.2, -0.15) is 13.2 Å². The van der Waals surface area contributed by atoms with E-state index in [0.29, 0.717) is 22.6 Å². The maximum Gasteiger partial charge on any atom is 0.573 e. The van der Waals surface area contributed by atoms with E-state index in [0.717, 1.165) is 12.8 Å². The van der Waals surface area contributed by atoms with Crippen molar-refractivity contribution in [1.29, 1.82) is 0 Å². The smallest absolute Gasteiger partial charge is 0.489 e. The average Bonchev–Trinajstić information content (AvgIpc) is 3.67. The molecule has 0 bridgehead atoms. The van der Waals surface area contributed by atoms with Crippen LogP contribution in [0.1, 0.15) is 24.0 Å². The van der Waals surface area contributed by atoms with Crippen LogP contribution in [0, 0.1) is 5.92 Å². The quantitative estimate of drug-likeness (QED) is 0.195. The van der Waals surface area contributed by atoms with Gasteiger partial charge in [0.2, 0.25) is 0 Å². The molecule has 4 nitrogen and oxygen atoms in total. The van der Waals surface area contributed by atoms with Crippen molar-refractivity contribution >= 4 is 17.4 Å². The molecule has 0 spiro atoms. The molecule has 0 aliphatic heterocycles. The van der Waals surface area contributed by atoms with E-state index in [9.17, 15) is 31.4 Å². The molecule has 4 rings (SSSR count). The highest BCUT2D eigenvalue weighted by Crippen LogP contribution is 2.38. The molecule has 0 saturated heterocycles. The van der Waals surface area contributed by atoms with Crippen molar-refractivity contribution in [3.05, 3.63) is 83.9 Å². The van der Waals surface area contributed by atoms with Gasteiger partial charge in [0.05, 0.1) is 6.10 Å². The molecule has 0 radical (unpaired) electrons. The number of ether oxygens (including phenoxy) is 2. The Bertz CT molecular complexity index is 1220. The Morgan fingerprint density at radius 1 is 0.868 bits per heavy atom. The van der Waals surface area contributed by atoms with Gasteiger partial charge in [0, 0.05) is 29.7 Å². The topological polar surface area (TPSA) is 41.9 Å². The second kappa shape index (κ2) is 11.8. The van der Waals surface area contributed by atoms with Gasteiger partial charge in [-0.25, -0.2) is 0 Å². The van der Waals surface area contributed by atoms with Crippen LogP contribution in [0.15, 0.2) is 77.7 Å². The Balaban J connectivity index is 1.49. The van der Waals surface area contributed by atoms with Crippen LogP contribution in [0.25, 0.3) is 0 Å². The van der Waals surface area contributed by atoms with Crippen molar-refractivity contribution in [2.24, 2.45) is 5.92 Å². The number of benzene rings is 3. The summed E-state index contributed by atoms with van der Waals surface area (Å²) < 4.78 is 85.8. The fraction of sp³-hybridized carbons (Fsp3) is 0.333. The van der Waals surface area contributed by atoms with Gasteiger partial charge in [-0.15, -0.1) is 13.2 Å². The lowest BCUT2D eigenvalue weighted by molar-refractivity contribution is -0.274. The van der Waals surface area contributed by atoms with Gasteiger partial charge in [-0.3, -0.25) is 0 Å². The maximum absolute atomic E-state index is 12.9. The van der Waals surface area contributed by atoms with Crippen molar-refractivity contribution in [1.82, 2.24) is 0 Å². The third-order valence-corrected chi connectivity index (χ3v) is 6.52. The molecule has 1 unspecified atom stereocenters. The van der Waals surface area contributed by atoms with Crippen LogP contribution in [0.5, 0.6) is 11.5 Å². The summed E-state index contributed by atoms with van der Waals surface area (Å²) in [6.45, 7) is 0.526. The van der Waals surface area contributed by atoms with E-state index in [2.05, 4.69) is 4.74 Å². The molecule has 0 heterocycles. The molecule has 0 aromatic heterocycles. The zero-order chi connectivity index (χ0) is 27.3. The predicted molar refractivity (Wildman–Crippen MR) is 132 cm³/mol. The summed E-state index contributed by atoms with van der Waals surface area (Å²) in [7, 11) is 0. The van der Waals surface area contributed by atoms with E-state index in [1.165, 1.54) is 30.3 Å². The number of halogens is 6. The number of rotatable bonds is 11. The SMILES string of the molecule is OC(CN(Cc1cccc(SC(F)(F)F)c1)c1cccc(OCc2cccc(OC(F)(F)F)c2)c1)C1CC1. The molecule has 1 aliphatic rings. The van der Waals surface area contributed by atoms with Gasteiger partial charge >= 0.3 is 11.9 Å². The zero-order valence-corrected chi connectivity index (χ0v) is 20.8. The predicted octanol–water partition coefficient (Wildman–Crippen LogP) is 7.55. The fourth-order valence-corrected chi connectivity index (χ4v) is 4.57. The summed E-state index contributed by atoms with van der Waals surface area (Å²) in [5.74, 6) is 0.283. The van der Waals surface area contributed by atoms with Crippen LogP contribution >= 0.6 is 11.8 Å². The molecular formula is C27H25F6NO3S. The van der Waals surface area contributed by atoms with E-state index in [1.54, 1.807) is 42.5 Å². The molecule has 1 fully saturated rings. The minimum Gasteiger partial charge on any atom is -0.489 e.